The van der Waals surface area contributed by atoms with Crippen LogP contribution < -0.4 is 0 Å². The maximum atomic E-state index is 10.4. The van der Waals surface area contributed by atoms with Gasteiger partial charge in [0, 0.05) is 0 Å². The SMILES string of the molecule is CCC(P(=O)(O)O)P(=O)(O)O. The van der Waals surface area contributed by atoms with E-state index >= 15 is 0 Å². The van der Waals surface area contributed by atoms with Gasteiger partial charge in [0.05, 0.1) is 0 Å². The van der Waals surface area contributed by atoms with Crippen molar-refractivity contribution in [3.63, 3.8) is 0 Å². The van der Waals surface area contributed by atoms with Crippen molar-refractivity contribution in [2.75, 3.05) is 0 Å². The van der Waals surface area contributed by atoms with Gasteiger partial charge in [-0.2, -0.15) is 0 Å². The van der Waals surface area contributed by atoms with E-state index in [0.29, 0.717) is 0 Å². The zero-order chi connectivity index (χ0) is 9.28. The normalized spacial score (nSPS) is 14.0. The van der Waals surface area contributed by atoms with Crippen LogP contribution in [0, 0.1) is 0 Å². The number of hydrogen-bond donors (Lipinski definition) is 4. The summed E-state index contributed by atoms with van der Waals surface area (Å²) in [7, 11) is -9.32. The first-order chi connectivity index (χ1) is 4.69. The lowest BCUT2D eigenvalue weighted by atomic mass is 10.6. The molecule has 0 aromatic carbocycles. The summed E-state index contributed by atoms with van der Waals surface area (Å²) in [6.45, 7) is 1.31. The van der Waals surface area contributed by atoms with E-state index in [1.165, 1.54) is 6.92 Å². The van der Waals surface area contributed by atoms with Crippen LogP contribution in [-0.2, 0) is 9.13 Å². The van der Waals surface area contributed by atoms with Crippen LogP contribution >= 0.6 is 15.2 Å². The van der Waals surface area contributed by atoms with Crippen LogP contribution in [0.2, 0.25) is 0 Å². The molecule has 0 unspecified atom stereocenters. The molecule has 0 heterocycles. The first-order valence-electron chi connectivity index (χ1n) is 2.80. The third-order valence-corrected chi connectivity index (χ3v) is 5.23. The van der Waals surface area contributed by atoms with Gasteiger partial charge < -0.3 is 19.6 Å². The molecule has 0 aliphatic heterocycles. The third-order valence-electron chi connectivity index (χ3n) is 1.14. The van der Waals surface area contributed by atoms with Crippen molar-refractivity contribution in [2.45, 2.75) is 18.7 Å². The predicted molar refractivity (Wildman–Crippen MR) is 38.2 cm³/mol. The van der Waals surface area contributed by atoms with Crippen LogP contribution in [0.1, 0.15) is 13.3 Å². The maximum Gasteiger partial charge on any atom is 0.340 e. The Bertz CT molecular complexity index is 190. The topological polar surface area (TPSA) is 115 Å². The van der Waals surface area contributed by atoms with Gasteiger partial charge in [0.25, 0.3) is 0 Å². The van der Waals surface area contributed by atoms with Gasteiger partial charge in [0.1, 0.15) is 0 Å². The van der Waals surface area contributed by atoms with E-state index in [0.717, 1.165) is 0 Å². The molecule has 6 nitrogen and oxygen atoms in total. The highest BCUT2D eigenvalue weighted by Crippen LogP contribution is 2.61. The maximum absolute atomic E-state index is 10.4. The Labute approximate surface area is 63.6 Å². The minimum Gasteiger partial charge on any atom is -0.324 e. The second kappa shape index (κ2) is 3.35. The zero-order valence-electron chi connectivity index (χ0n) is 5.78. The van der Waals surface area contributed by atoms with E-state index < -0.39 is 20.6 Å². The molecule has 0 aromatic rings. The molecular formula is C3H10O6P2. The standard InChI is InChI=1S/C3H10O6P2/c1-2-3(10(4,5)6)11(7,8)9/h3H,2H2,1H3,(H2,4,5,6)(H2,7,8,9). The molecule has 0 spiro atoms. The molecule has 0 aromatic heterocycles. The fourth-order valence-corrected chi connectivity index (χ4v) is 3.19. The first kappa shape index (κ1) is 11.3. The van der Waals surface area contributed by atoms with Gasteiger partial charge in [-0.15, -0.1) is 0 Å². The largest absolute Gasteiger partial charge is 0.340 e. The highest BCUT2D eigenvalue weighted by Gasteiger charge is 2.41. The molecular weight excluding hydrogens is 194 g/mol. The van der Waals surface area contributed by atoms with Crippen molar-refractivity contribution in [3.8, 4) is 0 Å². The molecule has 0 radical (unpaired) electrons. The van der Waals surface area contributed by atoms with Gasteiger partial charge in [0.2, 0.25) is 0 Å². The van der Waals surface area contributed by atoms with Gasteiger partial charge in [0.15, 0.2) is 5.40 Å². The fourth-order valence-electron chi connectivity index (χ4n) is 0.672. The average molecular weight is 204 g/mol. The van der Waals surface area contributed by atoms with Crippen LogP contribution in [0.4, 0.5) is 0 Å². The minimum atomic E-state index is -4.66. The Kier molecular flexibility index (Phi) is 3.44. The van der Waals surface area contributed by atoms with E-state index in [1.54, 1.807) is 0 Å². The van der Waals surface area contributed by atoms with Gasteiger partial charge in [-0.25, -0.2) is 0 Å². The summed E-state index contributed by atoms with van der Waals surface area (Å²) in [6.07, 6.45) is -0.242. The zero-order valence-corrected chi connectivity index (χ0v) is 7.57. The number of rotatable bonds is 3. The lowest BCUT2D eigenvalue weighted by Crippen LogP contribution is -2.07. The average Bonchev–Trinajstić information content (AvgIpc) is 1.56. The Morgan fingerprint density at radius 3 is 1.36 bits per heavy atom. The van der Waals surface area contributed by atoms with E-state index in [4.69, 9.17) is 19.6 Å². The molecule has 0 saturated carbocycles. The third kappa shape index (κ3) is 3.47. The summed E-state index contributed by atoms with van der Waals surface area (Å²) in [4.78, 5) is 33.7. The molecule has 0 amide bonds. The summed E-state index contributed by atoms with van der Waals surface area (Å²) in [6, 6.07) is 0. The predicted octanol–water partition coefficient (Wildman–Crippen LogP) is 0.0779. The molecule has 0 saturated heterocycles. The minimum absolute atomic E-state index is 0.242. The molecule has 0 rings (SSSR count). The van der Waals surface area contributed by atoms with Crippen molar-refractivity contribution < 1.29 is 28.7 Å². The number of hydrogen-bond acceptors (Lipinski definition) is 2. The quantitative estimate of drug-likeness (QED) is 0.484. The summed E-state index contributed by atoms with van der Waals surface area (Å²) < 4.78 is 20.8. The molecule has 4 N–H and O–H groups in total. The Hall–Kier alpha value is 0.300. The van der Waals surface area contributed by atoms with Crippen LogP contribution in [0.3, 0.4) is 0 Å². The summed E-state index contributed by atoms with van der Waals surface area (Å²) in [5.74, 6) is 0. The van der Waals surface area contributed by atoms with Crippen molar-refractivity contribution in [1.82, 2.24) is 0 Å². The van der Waals surface area contributed by atoms with Crippen LogP contribution in [0.15, 0.2) is 0 Å². The van der Waals surface area contributed by atoms with Crippen molar-refractivity contribution in [1.29, 1.82) is 0 Å². The van der Waals surface area contributed by atoms with E-state index in [9.17, 15) is 9.13 Å². The van der Waals surface area contributed by atoms with E-state index in [2.05, 4.69) is 0 Å². The second-order valence-corrected chi connectivity index (χ2v) is 6.08. The molecule has 8 heteroatoms. The van der Waals surface area contributed by atoms with Gasteiger partial charge in [-0.1, -0.05) is 6.92 Å². The fraction of sp³-hybridized carbons (Fsp3) is 1.00. The van der Waals surface area contributed by atoms with Gasteiger partial charge in [-0.05, 0) is 6.42 Å². The Morgan fingerprint density at radius 2 is 1.36 bits per heavy atom. The highest BCUT2D eigenvalue weighted by molar-refractivity contribution is 7.70. The molecule has 0 bridgehead atoms. The van der Waals surface area contributed by atoms with Gasteiger partial charge in [-0.3, -0.25) is 9.13 Å². The monoisotopic (exact) mass is 204 g/mol. The molecule has 0 aliphatic carbocycles. The van der Waals surface area contributed by atoms with E-state index in [1.807, 2.05) is 0 Å². The Morgan fingerprint density at radius 1 is 1.09 bits per heavy atom. The molecule has 68 valence electrons. The smallest absolute Gasteiger partial charge is 0.324 e. The molecule has 0 aliphatic rings. The van der Waals surface area contributed by atoms with Crippen LogP contribution in [-0.4, -0.2) is 25.0 Å². The summed E-state index contributed by atoms with van der Waals surface area (Å²) in [5, 5.41) is -1.85. The van der Waals surface area contributed by atoms with Crippen molar-refractivity contribution in [3.05, 3.63) is 0 Å². The van der Waals surface area contributed by atoms with Crippen molar-refractivity contribution >= 4 is 15.2 Å². The van der Waals surface area contributed by atoms with Gasteiger partial charge >= 0.3 is 15.2 Å². The Balaban J connectivity index is 4.72. The summed E-state index contributed by atoms with van der Waals surface area (Å²) >= 11 is 0. The first-order valence-corrected chi connectivity index (χ1v) is 6.16. The van der Waals surface area contributed by atoms with Crippen LogP contribution in [0.25, 0.3) is 0 Å². The van der Waals surface area contributed by atoms with Crippen molar-refractivity contribution in [2.24, 2.45) is 0 Å². The lowest BCUT2D eigenvalue weighted by molar-refractivity contribution is 0.337. The molecule has 0 fully saturated rings. The molecule has 0 atom stereocenters. The second-order valence-electron chi connectivity index (χ2n) is 2.07. The molecule has 11 heavy (non-hydrogen) atoms. The van der Waals surface area contributed by atoms with E-state index in [-0.39, 0.29) is 6.42 Å². The summed E-state index contributed by atoms with van der Waals surface area (Å²) in [5.41, 5.74) is 0. The van der Waals surface area contributed by atoms with Crippen LogP contribution in [0.5, 0.6) is 0 Å². The lowest BCUT2D eigenvalue weighted by Gasteiger charge is -2.16. The highest BCUT2D eigenvalue weighted by atomic mass is 31.2.